The maximum Gasteiger partial charge on any atom is 0.268 e. The van der Waals surface area contributed by atoms with Crippen molar-refractivity contribution in [2.24, 2.45) is 11.3 Å². The third-order valence-electron chi connectivity index (χ3n) is 9.18. The lowest BCUT2D eigenvalue weighted by Crippen LogP contribution is -2.29. The van der Waals surface area contributed by atoms with Gasteiger partial charge in [0.25, 0.3) is 5.91 Å². The van der Waals surface area contributed by atoms with Crippen LogP contribution in [0.1, 0.15) is 88.4 Å². The van der Waals surface area contributed by atoms with Gasteiger partial charge in [0.2, 0.25) is 0 Å². The predicted molar refractivity (Wildman–Crippen MR) is 162 cm³/mol. The lowest BCUT2D eigenvalue weighted by molar-refractivity contribution is 0.103. The minimum absolute atomic E-state index is 0.256. The number of aryl methyl sites for hydroxylation is 1. The van der Waals surface area contributed by atoms with Gasteiger partial charge >= 0.3 is 0 Å². The third kappa shape index (κ3) is 4.64. The molecule has 4 aromatic rings. The van der Waals surface area contributed by atoms with E-state index >= 15 is 0 Å². The smallest absolute Gasteiger partial charge is 0.268 e. The number of fused-ring (bicyclic) bond motifs is 3. The van der Waals surface area contributed by atoms with Gasteiger partial charge in [0.1, 0.15) is 20.8 Å². The topological polar surface area (TPSA) is 91.8 Å². The second kappa shape index (κ2) is 10.1. The number of rotatable bonds is 5. The van der Waals surface area contributed by atoms with Crippen LogP contribution in [0.3, 0.4) is 0 Å². The minimum Gasteiger partial charge on any atom is -0.397 e. The molecule has 0 bridgehead atoms. The third-order valence-corrected chi connectivity index (χ3v) is 11.5. The van der Waals surface area contributed by atoms with Crippen molar-refractivity contribution in [3.05, 3.63) is 74.1 Å². The summed E-state index contributed by atoms with van der Waals surface area (Å²) in [6.45, 7) is 6.98. The van der Waals surface area contributed by atoms with Crippen molar-refractivity contribution in [3.63, 3.8) is 0 Å². The minimum atomic E-state index is -0.256. The molecule has 3 heterocycles. The maximum atomic E-state index is 13.5. The molecule has 3 N–H and O–H groups in total. The molecule has 39 heavy (non-hydrogen) atoms. The number of carbonyl (C=O) groups is 1. The van der Waals surface area contributed by atoms with Gasteiger partial charge in [-0.2, -0.15) is 5.26 Å². The first-order valence-electron chi connectivity index (χ1n) is 13.9. The number of nitrogens with zero attached hydrogens (tertiary/aromatic N) is 2. The van der Waals surface area contributed by atoms with Crippen LogP contribution in [0.15, 0.2) is 36.4 Å². The van der Waals surface area contributed by atoms with E-state index in [0.717, 1.165) is 66.4 Å². The largest absolute Gasteiger partial charge is 0.397 e. The van der Waals surface area contributed by atoms with Gasteiger partial charge in [-0.3, -0.25) is 4.79 Å². The van der Waals surface area contributed by atoms with Gasteiger partial charge in [-0.25, -0.2) is 4.98 Å². The number of anilines is 2. The Kier molecular flexibility index (Phi) is 6.73. The number of amides is 1. The Bertz CT molecular complexity index is 1610. The molecule has 0 saturated heterocycles. The van der Waals surface area contributed by atoms with Crippen LogP contribution in [0.25, 0.3) is 10.2 Å². The van der Waals surface area contributed by atoms with E-state index in [1.54, 1.807) is 0 Å². The summed E-state index contributed by atoms with van der Waals surface area (Å²) in [6.07, 6.45) is 7.02. The summed E-state index contributed by atoms with van der Waals surface area (Å²) >= 11 is 2.89. The standard InChI is InChI=1S/C32H34N4OS2/c1-4-32(2,3)21-11-13-25-20(14-21)15-23-27(34)28(39-30(23)35-25)29(37)36-31-24(17-33)22-12-10-19(16-26(22)38-31)18-8-6-5-7-9-18/h5-9,15,19,21H,4,10-14,16,34H2,1-3H3,(H,36,37). The summed E-state index contributed by atoms with van der Waals surface area (Å²) in [5.74, 6) is 0.797. The predicted octanol–water partition coefficient (Wildman–Crippen LogP) is 7.88. The van der Waals surface area contributed by atoms with E-state index in [4.69, 9.17) is 10.7 Å². The molecule has 5 nitrogen and oxygen atoms in total. The fraction of sp³-hybridized carbons (Fsp3) is 0.406. The number of nitriles is 1. The van der Waals surface area contributed by atoms with Crippen molar-refractivity contribution in [2.45, 2.75) is 71.6 Å². The number of aromatic nitrogens is 1. The monoisotopic (exact) mass is 554 g/mol. The molecule has 0 aliphatic heterocycles. The van der Waals surface area contributed by atoms with Crippen LogP contribution in [0.2, 0.25) is 0 Å². The van der Waals surface area contributed by atoms with Gasteiger partial charge in [-0.05, 0) is 78.5 Å². The first-order chi connectivity index (χ1) is 18.8. The molecule has 0 spiro atoms. The molecular formula is C32H34N4OS2. The number of carbonyl (C=O) groups excluding carboxylic acids is 1. The Hall–Kier alpha value is -3.21. The van der Waals surface area contributed by atoms with Gasteiger partial charge in [0.15, 0.2) is 0 Å². The highest BCUT2D eigenvalue weighted by molar-refractivity contribution is 7.21. The molecule has 2 atom stereocenters. The number of hydrogen-bond acceptors (Lipinski definition) is 6. The zero-order chi connectivity index (χ0) is 27.3. The molecule has 7 heteroatoms. The summed E-state index contributed by atoms with van der Waals surface area (Å²) in [5.41, 5.74) is 12.8. The number of pyridine rings is 1. The number of nitrogens with two attached hydrogens (primary N) is 1. The molecule has 2 aliphatic carbocycles. The zero-order valence-corrected chi connectivity index (χ0v) is 24.4. The van der Waals surface area contributed by atoms with Crippen LogP contribution >= 0.6 is 22.7 Å². The molecule has 6 rings (SSSR count). The molecule has 0 radical (unpaired) electrons. The molecule has 2 unspecified atom stereocenters. The molecular weight excluding hydrogens is 521 g/mol. The van der Waals surface area contributed by atoms with Crippen molar-refractivity contribution in [1.29, 1.82) is 5.26 Å². The van der Waals surface area contributed by atoms with Gasteiger partial charge in [0, 0.05) is 16.0 Å². The second-order valence-corrected chi connectivity index (χ2v) is 13.8. The Labute approximate surface area is 238 Å². The number of hydrogen-bond donors (Lipinski definition) is 2. The SMILES string of the molecule is CCC(C)(C)C1CCc2nc3sc(C(=O)Nc4sc5c(c4C#N)CCC(c4ccccc4)C5)c(N)c3cc2C1. The fourth-order valence-electron chi connectivity index (χ4n) is 6.28. The molecule has 200 valence electrons. The first-order valence-corrected chi connectivity index (χ1v) is 15.5. The van der Waals surface area contributed by atoms with Crippen LogP contribution in [0.5, 0.6) is 0 Å². The Balaban J connectivity index is 1.26. The van der Waals surface area contributed by atoms with E-state index < -0.39 is 0 Å². The highest BCUT2D eigenvalue weighted by Gasteiger charge is 2.33. The van der Waals surface area contributed by atoms with Crippen molar-refractivity contribution in [2.75, 3.05) is 11.1 Å². The maximum absolute atomic E-state index is 13.5. The van der Waals surface area contributed by atoms with Crippen LogP contribution in [0, 0.1) is 22.7 Å². The molecule has 0 fully saturated rings. The number of thiophene rings is 2. The summed E-state index contributed by atoms with van der Waals surface area (Å²) in [4.78, 5) is 21.0. The van der Waals surface area contributed by atoms with E-state index in [9.17, 15) is 10.1 Å². The lowest BCUT2D eigenvalue weighted by Gasteiger charge is -2.36. The number of nitrogens with one attached hydrogen (secondary N) is 1. The van der Waals surface area contributed by atoms with E-state index in [2.05, 4.69) is 62.5 Å². The summed E-state index contributed by atoms with van der Waals surface area (Å²) in [5, 5.41) is 14.5. The lowest BCUT2D eigenvalue weighted by atomic mass is 9.69. The van der Waals surface area contributed by atoms with Crippen LogP contribution in [-0.2, 0) is 25.7 Å². The van der Waals surface area contributed by atoms with Crippen molar-refractivity contribution >= 4 is 49.5 Å². The summed E-state index contributed by atoms with van der Waals surface area (Å²) in [7, 11) is 0. The molecule has 2 aliphatic rings. The Morgan fingerprint density at radius 3 is 2.72 bits per heavy atom. The Morgan fingerprint density at radius 1 is 1.18 bits per heavy atom. The average Bonchev–Trinajstić information content (AvgIpc) is 3.47. The average molecular weight is 555 g/mol. The van der Waals surface area contributed by atoms with E-state index in [-0.39, 0.29) is 11.3 Å². The highest BCUT2D eigenvalue weighted by Crippen LogP contribution is 2.44. The van der Waals surface area contributed by atoms with Gasteiger partial charge in [0.05, 0.1) is 11.3 Å². The van der Waals surface area contributed by atoms with Crippen molar-refractivity contribution < 1.29 is 4.79 Å². The molecule has 0 saturated carbocycles. The first kappa shape index (κ1) is 26.0. The van der Waals surface area contributed by atoms with Gasteiger partial charge in [-0.15, -0.1) is 22.7 Å². The molecule has 3 aromatic heterocycles. The fourth-order valence-corrected chi connectivity index (χ4v) is 8.54. The van der Waals surface area contributed by atoms with Crippen LogP contribution < -0.4 is 11.1 Å². The molecule has 1 aromatic carbocycles. The molecule has 1 amide bonds. The number of nitrogen functional groups attached to an aromatic ring is 1. The second-order valence-electron chi connectivity index (χ2n) is 11.7. The van der Waals surface area contributed by atoms with Crippen molar-refractivity contribution in [1.82, 2.24) is 4.98 Å². The highest BCUT2D eigenvalue weighted by atomic mass is 32.1. The van der Waals surface area contributed by atoms with E-state index in [1.165, 1.54) is 38.7 Å². The zero-order valence-electron chi connectivity index (χ0n) is 22.8. The summed E-state index contributed by atoms with van der Waals surface area (Å²) in [6, 6.07) is 15.1. The quantitative estimate of drug-likeness (QED) is 0.262. The number of benzene rings is 1. The van der Waals surface area contributed by atoms with E-state index in [1.807, 2.05) is 6.07 Å². The summed E-state index contributed by atoms with van der Waals surface area (Å²) < 4.78 is 0. The normalized spacial score (nSPS) is 18.8. The Morgan fingerprint density at radius 2 is 1.97 bits per heavy atom. The van der Waals surface area contributed by atoms with Crippen molar-refractivity contribution in [3.8, 4) is 6.07 Å². The van der Waals surface area contributed by atoms with E-state index in [0.29, 0.717) is 33.0 Å². The van der Waals surface area contributed by atoms with Gasteiger partial charge in [-0.1, -0.05) is 57.5 Å². The van der Waals surface area contributed by atoms with Crippen LogP contribution in [-0.4, -0.2) is 10.9 Å². The van der Waals surface area contributed by atoms with Crippen LogP contribution in [0.4, 0.5) is 10.7 Å². The van der Waals surface area contributed by atoms with Gasteiger partial charge < -0.3 is 11.1 Å².